The minimum atomic E-state index is 1.16. The van der Waals surface area contributed by atoms with Crippen LogP contribution in [0.1, 0.15) is 20.3 Å². The molecule has 42 valence electrons. The largest absolute Gasteiger partial charge is 0.135 e. The number of hydrogen-bond donors (Lipinski definition) is 0. The van der Waals surface area contributed by atoms with Crippen LogP contribution in [0.4, 0.5) is 0 Å². The molecule has 0 aliphatic rings. The van der Waals surface area contributed by atoms with Crippen LogP contribution in [0, 0.1) is 0 Å². The van der Waals surface area contributed by atoms with Gasteiger partial charge in [0.2, 0.25) is 0 Å². The van der Waals surface area contributed by atoms with Crippen molar-refractivity contribution >= 4 is 11.8 Å². The number of rotatable bonds is 2. The highest BCUT2D eigenvalue weighted by molar-refractivity contribution is 8.02. The Hall–Kier alpha value is 0.0900. The molecule has 0 spiro atoms. The topological polar surface area (TPSA) is 0 Å². The third-order valence-electron chi connectivity index (χ3n) is 0.814. The Morgan fingerprint density at radius 2 is 2.29 bits per heavy atom. The molecule has 0 atom stereocenters. The molecule has 0 fully saturated rings. The van der Waals surface area contributed by atoms with Gasteiger partial charge < -0.3 is 0 Å². The van der Waals surface area contributed by atoms with Crippen LogP contribution in [0.15, 0.2) is 11.0 Å². The zero-order chi connectivity index (χ0) is 5.70. The molecule has 0 radical (unpaired) electrons. The minimum Gasteiger partial charge on any atom is -0.135 e. The van der Waals surface area contributed by atoms with Gasteiger partial charge >= 0.3 is 0 Å². The molecule has 0 rings (SSSR count). The molecule has 0 aliphatic heterocycles. The maximum atomic E-state index is 2.23. The second-order valence-electron chi connectivity index (χ2n) is 1.43. The fourth-order valence-electron chi connectivity index (χ4n) is 0.371. The molecule has 0 N–H and O–H groups in total. The van der Waals surface area contributed by atoms with E-state index in [0.717, 1.165) is 6.42 Å². The first-order valence-corrected chi connectivity index (χ1v) is 3.74. The Morgan fingerprint density at radius 3 is 2.43 bits per heavy atom. The maximum Gasteiger partial charge on any atom is -0.0140 e. The molecule has 0 bridgehead atoms. The number of hydrogen-bond acceptors (Lipinski definition) is 1. The lowest BCUT2D eigenvalue weighted by Crippen LogP contribution is -1.61. The van der Waals surface area contributed by atoms with Crippen LogP contribution < -0.4 is 0 Å². The predicted octanol–water partition coefficient (Wildman–Crippen LogP) is 2.66. The maximum absolute atomic E-state index is 2.23. The van der Waals surface area contributed by atoms with E-state index in [0.29, 0.717) is 0 Å². The van der Waals surface area contributed by atoms with Gasteiger partial charge in [-0.2, -0.15) is 0 Å². The summed E-state index contributed by atoms with van der Waals surface area (Å²) in [4.78, 5) is 1.42. The normalized spacial score (nSPS) is 12.1. The van der Waals surface area contributed by atoms with E-state index in [4.69, 9.17) is 0 Å². The van der Waals surface area contributed by atoms with Gasteiger partial charge in [-0.15, -0.1) is 11.8 Å². The second kappa shape index (κ2) is 4.25. The molecular weight excluding hydrogens is 104 g/mol. The SMILES string of the molecule is CCC=C(C)SC. The van der Waals surface area contributed by atoms with E-state index < -0.39 is 0 Å². The van der Waals surface area contributed by atoms with E-state index in [9.17, 15) is 0 Å². The molecule has 7 heavy (non-hydrogen) atoms. The van der Waals surface area contributed by atoms with E-state index in [1.165, 1.54) is 4.91 Å². The van der Waals surface area contributed by atoms with Crippen molar-refractivity contribution in [1.82, 2.24) is 0 Å². The summed E-state index contributed by atoms with van der Waals surface area (Å²) < 4.78 is 0. The first kappa shape index (κ1) is 7.09. The Kier molecular flexibility index (Phi) is 4.31. The van der Waals surface area contributed by atoms with Crippen LogP contribution in [-0.4, -0.2) is 6.26 Å². The number of allylic oxidation sites excluding steroid dienone is 2. The van der Waals surface area contributed by atoms with Crippen molar-refractivity contribution in [3.63, 3.8) is 0 Å². The highest BCUT2D eigenvalue weighted by Gasteiger charge is 1.77. The zero-order valence-electron chi connectivity index (χ0n) is 5.19. The molecule has 0 aromatic heterocycles. The van der Waals surface area contributed by atoms with Crippen LogP contribution in [-0.2, 0) is 0 Å². The lowest BCUT2D eigenvalue weighted by Gasteiger charge is -1.88. The molecule has 0 unspecified atom stereocenters. The van der Waals surface area contributed by atoms with Gasteiger partial charge in [0.25, 0.3) is 0 Å². The van der Waals surface area contributed by atoms with Gasteiger partial charge in [0.05, 0.1) is 0 Å². The molecule has 0 saturated carbocycles. The van der Waals surface area contributed by atoms with E-state index in [-0.39, 0.29) is 0 Å². The van der Waals surface area contributed by atoms with Crippen molar-refractivity contribution in [2.24, 2.45) is 0 Å². The van der Waals surface area contributed by atoms with Gasteiger partial charge in [0.1, 0.15) is 0 Å². The first-order valence-electron chi connectivity index (χ1n) is 2.52. The summed E-state index contributed by atoms with van der Waals surface area (Å²) in [6.07, 6.45) is 5.48. The zero-order valence-corrected chi connectivity index (χ0v) is 6.01. The Labute approximate surface area is 50.0 Å². The third kappa shape index (κ3) is 3.93. The van der Waals surface area contributed by atoms with Crippen molar-refractivity contribution in [2.45, 2.75) is 20.3 Å². The fourth-order valence-corrected chi connectivity index (χ4v) is 0.704. The molecule has 0 saturated heterocycles. The van der Waals surface area contributed by atoms with E-state index in [2.05, 4.69) is 26.2 Å². The van der Waals surface area contributed by atoms with Crippen LogP contribution in [0.25, 0.3) is 0 Å². The van der Waals surface area contributed by atoms with Gasteiger partial charge in [-0.05, 0) is 24.5 Å². The molecule has 1 heteroatoms. The van der Waals surface area contributed by atoms with Gasteiger partial charge in [-0.1, -0.05) is 13.0 Å². The molecule has 0 nitrogen and oxygen atoms in total. The highest BCUT2D eigenvalue weighted by Crippen LogP contribution is 2.09. The van der Waals surface area contributed by atoms with Crippen LogP contribution in [0.3, 0.4) is 0 Å². The number of thioether (sulfide) groups is 1. The highest BCUT2D eigenvalue weighted by atomic mass is 32.2. The van der Waals surface area contributed by atoms with Crippen molar-refractivity contribution in [3.05, 3.63) is 11.0 Å². The molecule has 0 aliphatic carbocycles. The summed E-state index contributed by atoms with van der Waals surface area (Å²) in [7, 11) is 0. The molecule has 0 amide bonds. The molecule has 0 aromatic rings. The summed E-state index contributed by atoms with van der Waals surface area (Å²) in [6, 6.07) is 0. The van der Waals surface area contributed by atoms with Crippen molar-refractivity contribution in [1.29, 1.82) is 0 Å². The standard InChI is InChI=1S/C6H12S/c1-4-5-6(2)7-3/h5H,4H2,1-3H3. The van der Waals surface area contributed by atoms with Crippen molar-refractivity contribution in [3.8, 4) is 0 Å². The Bertz CT molecular complexity index is 64.6. The second-order valence-corrected chi connectivity index (χ2v) is 2.48. The molecule has 0 heterocycles. The quantitative estimate of drug-likeness (QED) is 0.534. The predicted molar refractivity (Wildman–Crippen MR) is 37.6 cm³/mol. The van der Waals surface area contributed by atoms with Gasteiger partial charge in [0.15, 0.2) is 0 Å². The lowest BCUT2D eigenvalue weighted by molar-refractivity contribution is 1.21. The Morgan fingerprint density at radius 1 is 1.71 bits per heavy atom. The van der Waals surface area contributed by atoms with Gasteiger partial charge in [0, 0.05) is 0 Å². The summed E-state index contributed by atoms with van der Waals surface area (Å²) in [5.41, 5.74) is 0. The summed E-state index contributed by atoms with van der Waals surface area (Å²) in [5, 5.41) is 0. The Balaban J connectivity index is 3.29. The fraction of sp³-hybridized carbons (Fsp3) is 0.667. The summed E-state index contributed by atoms with van der Waals surface area (Å²) >= 11 is 1.81. The van der Waals surface area contributed by atoms with E-state index in [1.54, 1.807) is 0 Å². The minimum absolute atomic E-state index is 1.16. The smallest absolute Gasteiger partial charge is 0.0140 e. The van der Waals surface area contributed by atoms with E-state index >= 15 is 0 Å². The molecule has 0 aromatic carbocycles. The van der Waals surface area contributed by atoms with E-state index in [1.807, 2.05) is 11.8 Å². The molecular formula is C6H12S. The first-order chi connectivity index (χ1) is 3.31. The van der Waals surface area contributed by atoms with Crippen molar-refractivity contribution in [2.75, 3.05) is 6.26 Å². The van der Waals surface area contributed by atoms with Crippen LogP contribution in [0.5, 0.6) is 0 Å². The average Bonchev–Trinajstić information content (AvgIpc) is 1.68. The van der Waals surface area contributed by atoms with Crippen molar-refractivity contribution < 1.29 is 0 Å². The summed E-state index contributed by atoms with van der Waals surface area (Å²) in [5.74, 6) is 0. The monoisotopic (exact) mass is 116 g/mol. The van der Waals surface area contributed by atoms with Gasteiger partial charge in [-0.25, -0.2) is 0 Å². The summed E-state index contributed by atoms with van der Waals surface area (Å²) in [6.45, 7) is 4.29. The lowest BCUT2D eigenvalue weighted by atomic mass is 10.4. The van der Waals surface area contributed by atoms with Crippen LogP contribution in [0.2, 0.25) is 0 Å². The van der Waals surface area contributed by atoms with Gasteiger partial charge in [-0.3, -0.25) is 0 Å². The van der Waals surface area contributed by atoms with Crippen LogP contribution >= 0.6 is 11.8 Å². The third-order valence-corrected chi connectivity index (χ3v) is 1.62. The average molecular weight is 116 g/mol.